The van der Waals surface area contributed by atoms with E-state index < -0.39 is 0 Å². The number of guanidine groups is 1. The summed E-state index contributed by atoms with van der Waals surface area (Å²) in [5.41, 5.74) is 11.1. The highest BCUT2D eigenvalue weighted by Crippen LogP contribution is 2.14. The van der Waals surface area contributed by atoms with E-state index in [1.54, 1.807) is 0 Å². The lowest BCUT2D eigenvalue weighted by Crippen LogP contribution is -2.50. The summed E-state index contributed by atoms with van der Waals surface area (Å²) in [4.78, 5) is 1.89. The van der Waals surface area contributed by atoms with E-state index in [9.17, 15) is 0 Å². The zero-order chi connectivity index (χ0) is 8.43. The summed E-state index contributed by atoms with van der Waals surface area (Å²) in [5, 5.41) is 7.25. The molecule has 0 spiro atoms. The Morgan fingerprint density at radius 2 is 2.00 bits per heavy atom. The van der Waals surface area contributed by atoms with E-state index in [4.69, 9.17) is 16.9 Å². The Hall–Kier alpha value is -0.190. The second-order valence-corrected chi connectivity index (χ2v) is 3.21. The molecule has 2 atom stereocenters. The lowest BCUT2D eigenvalue weighted by Gasteiger charge is -2.36. The summed E-state index contributed by atoms with van der Waals surface area (Å²) in [7, 11) is 0. The fourth-order valence-electron chi connectivity index (χ4n) is 1.57. The normalized spacial score (nSPS) is 27.1. The standard InChI is InChI=1S/C7H16N4.2ClH/c1-5-4-6(8)2-3-11(5)7(9)10;;/h5-6H,2-4,8H2,1H3,(H3,9,10);2*1H. The van der Waals surface area contributed by atoms with Gasteiger partial charge >= 0.3 is 0 Å². The Morgan fingerprint density at radius 1 is 1.46 bits per heavy atom. The summed E-state index contributed by atoms with van der Waals surface area (Å²) >= 11 is 0. The van der Waals surface area contributed by atoms with Crippen LogP contribution in [0.15, 0.2) is 0 Å². The molecule has 80 valence electrons. The molecule has 0 aromatic heterocycles. The quantitative estimate of drug-likeness (QED) is 0.419. The van der Waals surface area contributed by atoms with E-state index in [0.29, 0.717) is 12.1 Å². The molecule has 0 aromatic carbocycles. The van der Waals surface area contributed by atoms with Crippen molar-refractivity contribution in [2.75, 3.05) is 6.54 Å². The third kappa shape index (κ3) is 4.02. The SMILES string of the molecule is CC1CC(N)CCN1C(=N)N.Cl.Cl. The number of likely N-dealkylation sites (tertiary alicyclic amines) is 1. The molecule has 0 bridgehead atoms. The maximum absolute atomic E-state index is 7.25. The Balaban J connectivity index is 0. The number of halogens is 2. The minimum absolute atomic E-state index is 0. The van der Waals surface area contributed by atoms with Crippen molar-refractivity contribution in [2.45, 2.75) is 31.8 Å². The molecule has 0 saturated carbocycles. The Bertz CT molecular complexity index is 165. The van der Waals surface area contributed by atoms with Crippen LogP contribution in [0.25, 0.3) is 0 Å². The Labute approximate surface area is 91.4 Å². The highest BCUT2D eigenvalue weighted by Gasteiger charge is 2.23. The van der Waals surface area contributed by atoms with E-state index in [1.165, 1.54) is 0 Å². The number of nitrogens with one attached hydrogen (secondary N) is 1. The predicted octanol–water partition coefficient (Wildman–Crippen LogP) is 0.535. The van der Waals surface area contributed by atoms with Gasteiger partial charge < -0.3 is 16.4 Å². The monoisotopic (exact) mass is 228 g/mol. The molecule has 0 aromatic rings. The molecule has 1 saturated heterocycles. The van der Waals surface area contributed by atoms with Crippen molar-refractivity contribution in [2.24, 2.45) is 11.5 Å². The van der Waals surface area contributed by atoms with Gasteiger partial charge in [-0.1, -0.05) is 0 Å². The summed E-state index contributed by atoms with van der Waals surface area (Å²) < 4.78 is 0. The Morgan fingerprint density at radius 3 is 2.38 bits per heavy atom. The summed E-state index contributed by atoms with van der Waals surface area (Å²) in [6, 6.07) is 0.622. The molecule has 0 aliphatic carbocycles. The highest BCUT2D eigenvalue weighted by atomic mass is 35.5. The molecule has 4 nitrogen and oxygen atoms in total. The highest BCUT2D eigenvalue weighted by molar-refractivity contribution is 5.85. The average molecular weight is 229 g/mol. The summed E-state index contributed by atoms with van der Waals surface area (Å²) in [6.07, 6.45) is 1.89. The zero-order valence-electron chi connectivity index (χ0n) is 7.69. The summed E-state index contributed by atoms with van der Waals surface area (Å²) in [6.45, 7) is 2.89. The fraction of sp³-hybridized carbons (Fsp3) is 0.857. The smallest absolute Gasteiger partial charge is 0.188 e. The van der Waals surface area contributed by atoms with Crippen molar-refractivity contribution in [1.82, 2.24) is 4.90 Å². The van der Waals surface area contributed by atoms with Crippen molar-refractivity contribution < 1.29 is 0 Å². The molecule has 1 heterocycles. The van der Waals surface area contributed by atoms with Crippen molar-refractivity contribution >= 4 is 30.8 Å². The van der Waals surface area contributed by atoms with Gasteiger partial charge in [0.05, 0.1) is 0 Å². The van der Waals surface area contributed by atoms with Gasteiger partial charge in [-0.15, -0.1) is 24.8 Å². The van der Waals surface area contributed by atoms with Gasteiger partial charge in [0.1, 0.15) is 0 Å². The fourth-order valence-corrected chi connectivity index (χ4v) is 1.57. The van der Waals surface area contributed by atoms with Crippen LogP contribution >= 0.6 is 24.8 Å². The average Bonchev–Trinajstić information content (AvgIpc) is 1.85. The molecule has 2 unspecified atom stereocenters. The number of hydrogen-bond donors (Lipinski definition) is 3. The van der Waals surface area contributed by atoms with Gasteiger partial charge in [0.2, 0.25) is 0 Å². The first-order valence-corrected chi connectivity index (χ1v) is 3.97. The molecule has 1 rings (SSSR count). The lowest BCUT2D eigenvalue weighted by molar-refractivity contribution is 0.233. The first-order chi connectivity index (χ1) is 5.11. The van der Waals surface area contributed by atoms with Crippen LogP contribution in [0.2, 0.25) is 0 Å². The third-order valence-electron chi connectivity index (χ3n) is 2.23. The molecule has 1 aliphatic heterocycles. The van der Waals surface area contributed by atoms with Crippen LogP contribution in [0.3, 0.4) is 0 Å². The second kappa shape index (κ2) is 6.29. The van der Waals surface area contributed by atoms with Crippen LogP contribution in [-0.4, -0.2) is 29.5 Å². The van der Waals surface area contributed by atoms with E-state index in [1.807, 2.05) is 4.90 Å². The molecule has 1 aliphatic rings. The maximum Gasteiger partial charge on any atom is 0.188 e. The molecule has 13 heavy (non-hydrogen) atoms. The largest absolute Gasteiger partial charge is 0.370 e. The minimum atomic E-state index is 0. The van der Waals surface area contributed by atoms with Gasteiger partial charge in [0, 0.05) is 18.6 Å². The third-order valence-corrected chi connectivity index (χ3v) is 2.23. The molecular formula is C7H18Cl2N4. The predicted molar refractivity (Wildman–Crippen MR) is 59.8 cm³/mol. The van der Waals surface area contributed by atoms with Gasteiger partial charge in [0.15, 0.2) is 5.96 Å². The van der Waals surface area contributed by atoms with E-state index >= 15 is 0 Å². The first kappa shape index (κ1) is 15.3. The zero-order valence-corrected chi connectivity index (χ0v) is 9.33. The van der Waals surface area contributed by atoms with Crippen molar-refractivity contribution in [3.05, 3.63) is 0 Å². The molecule has 0 amide bonds. The molecule has 1 fully saturated rings. The summed E-state index contributed by atoms with van der Waals surface area (Å²) in [5.74, 6) is 0.171. The topological polar surface area (TPSA) is 79.1 Å². The second-order valence-electron chi connectivity index (χ2n) is 3.21. The number of piperidine rings is 1. The molecular weight excluding hydrogens is 211 g/mol. The number of nitrogens with zero attached hydrogens (tertiary/aromatic N) is 1. The van der Waals surface area contributed by atoms with E-state index in [2.05, 4.69) is 6.92 Å². The molecule has 6 heteroatoms. The van der Waals surface area contributed by atoms with E-state index in [-0.39, 0.29) is 30.8 Å². The van der Waals surface area contributed by atoms with Crippen molar-refractivity contribution in [1.29, 1.82) is 5.41 Å². The Kier molecular flexibility index (Phi) is 7.40. The molecule has 5 N–H and O–H groups in total. The van der Waals surface area contributed by atoms with Crippen LogP contribution in [0, 0.1) is 5.41 Å². The van der Waals surface area contributed by atoms with Crippen LogP contribution in [0.1, 0.15) is 19.8 Å². The van der Waals surface area contributed by atoms with Gasteiger partial charge in [-0.3, -0.25) is 5.41 Å². The van der Waals surface area contributed by atoms with Gasteiger partial charge in [-0.25, -0.2) is 0 Å². The minimum Gasteiger partial charge on any atom is -0.370 e. The van der Waals surface area contributed by atoms with Crippen molar-refractivity contribution in [3.8, 4) is 0 Å². The first-order valence-electron chi connectivity index (χ1n) is 3.97. The number of hydrogen-bond acceptors (Lipinski definition) is 2. The number of nitrogens with two attached hydrogens (primary N) is 2. The van der Waals surface area contributed by atoms with Crippen LogP contribution in [-0.2, 0) is 0 Å². The maximum atomic E-state index is 7.25. The van der Waals surface area contributed by atoms with Gasteiger partial charge in [0.25, 0.3) is 0 Å². The number of rotatable bonds is 0. The molecule has 0 radical (unpaired) electrons. The van der Waals surface area contributed by atoms with Crippen LogP contribution in [0.4, 0.5) is 0 Å². The van der Waals surface area contributed by atoms with Gasteiger partial charge in [-0.05, 0) is 19.8 Å². The lowest BCUT2D eigenvalue weighted by atomic mass is 10.00. The van der Waals surface area contributed by atoms with Crippen LogP contribution < -0.4 is 11.5 Å². The van der Waals surface area contributed by atoms with Gasteiger partial charge in [-0.2, -0.15) is 0 Å². The van der Waals surface area contributed by atoms with E-state index in [0.717, 1.165) is 19.4 Å². The van der Waals surface area contributed by atoms with Crippen LogP contribution in [0.5, 0.6) is 0 Å². The van der Waals surface area contributed by atoms with Crippen molar-refractivity contribution in [3.63, 3.8) is 0 Å².